The molecule has 0 heterocycles. The van der Waals surface area contributed by atoms with Gasteiger partial charge in [-0.2, -0.15) is 0 Å². The van der Waals surface area contributed by atoms with Crippen LogP contribution in [-0.2, 0) is 10.0 Å². The molecule has 0 aromatic heterocycles. The van der Waals surface area contributed by atoms with E-state index in [1.165, 1.54) is 24.3 Å². The zero-order valence-corrected chi connectivity index (χ0v) is 15.3. The maximum atomic E-state index is 12.8. The molecular formula is C17H28FNO3S. The molecule has 0 fully saturated rings. The molecule has 0 aliphatic rings. The summed E-state index contributed by atoms with van der Waals surface area (Å²) in [6.07, 6.45) is 0.409. The topological polar surface area (TPSA) is 46.6 Å². The fraction of sp³-hybridized carbons (Fsp3) is 0.647. The fourth-order valence-corrected chi connectivity index (χ4v) is 4.00. The van der Waals surface area contributed by atoms with Crippen LogP contribution in [0.1, 0.15) is 34.1 Å². The van der Waals surface area contributed by atoms with Crippen LogP contribution in [0.25, 0.3) is 0 Å². The number of nitrogens with zero attached hydrogens (tertiary/aromatic N) is 1. The monoisotopic (exact) mass is 345 g/mol. The van der Waals surface area contributed by atoms with Gasteiger partial charge >= 0.3 is 0 Å². The molecule has 1 rings (SSSR count). The molecule has 23 heavy (non-hydrogen) atoms. The average molecular weight is 345 g/mol. The highest BCUT2D eigenvalue weighted by Crippen LogP contribution is 2.13. The normalized spacial score (nSPS) is 12.3. The van der Waals surface area contributed by atoms with Crippen molar-refractivity contribution in [3.05, 3.63) is 30.1 Å². The summed E-state index contributed by atoms with van der Waals surface area (Å²) in [4.78, 5) is 0. The summed E-state index contributed by atoms with van der Waals surface area (Å²) in [6, 6.07) is 5.71. The van der Waals surface area contributed by atoms with Crippen LogP contribution >= 0.6 is 0 Å². The molecule has 0 atom stereocenters. The largest absolute Gasteiger partial charge is 0.494 e. The number of ether oxygens (including phenoxy) is 1. The zero-order valence-electron chi connectivity index (χ0n) is 14.5. The predicted molar refractivity (Wildman–Crippen MR) is 91.5 cm³/mol. The lowest BCUT2D eigenvalue weighted by molar-refractivity contribution is 0.310. The standard InChI is InChI=1S/C17H28FNO3S/c1-14(2)12-19(13-15(3)4)23(20,21)11-5-10-22-17-8-6-16(18)7-9-17/h6-9,14-15H,5,10-13H2,1-4H3. The molecule has 0 saturated carbocycles. The summed E-state index contributed by atoms with van der Waals surface area (Å²) < 4.78 is 44.8. The molecule has 0 amide bonds. The van der Waals surface area contributed by atoms with Crippen LogP contribution < -0.4 is 4.74 Å². The summed E-state index contributed by atoms with van der Waals surface area (Å²) in [5.74, 6) is 0.870. The van der Waals surface area contributed by atoms with Crippen molar-refractivity contribution in [2.45, 2.75) is 34.1 Å². The molecule has 132 valence electrons. The first-order valence-corrected chi connectivity index (χ1v) is 9.68. The number of hydrogen-bond acceptors (Lipinski definition) is 3. The molecule has 0 bridgehead atoms. The van der Waals surface area contributed by atoms with Gasteiger partial charge in [0.1, 0.15) is 11.6 Å². The molecule has 0 saturated heterocycles. The average Bonchev–Trinajstić information content (AvgIpc) is 2.44. The first kappa shape index (κ1) is 19.9. The van der Waals surface area contributed by atoms with E-state index in [2.05, 4.69) is 0 Å². The Hall–Kier alpha value is -1.14. The minimum atomic E-state index is -3.28. The van der Waals surface area contributed by atoms with Crippen molar-refractivity contribution in [3.63, 3.8) is 0 Å². The van der Waals surface area contributed by atoms with E-state index in [1.54, 1.807) is 4.31 Å². The molecule has 6 heteroatoms. The smallest absolute Gasteiger partial charge is 0.214 e. The van der Waals surface area contributed by atoms with Gasteiger partial charge < -0.3 is 4.74 Å². The van der Waals surface area contributed by atoms with E-state index in [1.807, 2.05) is 27.7 Å². The van der Waals surface area contributed by atoms with E-state index in [-0.39, 0.29) is 11.6 Å². The van der Waals surface area contributed by atoms with Crippen molar-refractivity contribution in [1.29, 1.82) is 0 Å². The quantitative estimate of drug-likeness (QED) is 0.609. The van der Waals surface area contributed by atoms with Crippen LogP contribution in [0.15, 0.2) is 24.3 Å². The molecule has 0 unspecified atom stereocenters. The third kappa shape index (κ3) is 7.79. The van der Waals surface area contributed by atoms with Gasteiger partial charge in [-0.1, -0.05) is 27.7 Å². The maximum absolute atomic E-state index is 12.8. The third-order valence-electron chi connectivity index (χ3n) is 3.16. The lowest BCUT2D eigenvalue weighted by atomic mass is 10.2. The van der Waals surface area contributed by atoms with Crippen molar-refractivity contribution in [3.8, 4) is 5.75 Å². The number of rotatable bonds is 10. The predicted octanol–water partition coefficient (Wildman–Crippen LogP) is 3.54. The molecule has 0 radical (unpaired) electrons. The van der Waals surface area contributed by atoms with E-state index in [0.717, 1.165) is 0 Å². The molecular weight excluding hydrogens is 317 g/mol. The van der Waals surface area contributed by atoms with Gasteiger partial charge in [-0.05, 0) is 42.5 Å². The van der Waals surface area contributed by atoms with Crippen molar-refractivity contribution >= 4 is 10.0 Å². The highest BCUT2D eigenvalue weighted by molar-refractivity contribution is 7.89. The highest BCUT2D eigenvalue weighted by atomic mass is 32.2. The second-order valence-corrected chi connectivity index (χ2v) is 8.67. The second-order valence-electron chi connectivity index (χ2n) is 6.58. The lowest BCUT2D eigenvalue weighted by Crippen LogP contribution is -2.38. The Morgan fingerprint density at radius 1 is 1.04 bits per heavy atom. The number of sulfonamides is 1. The van der Waals surface area contributed by atoms with E-state index in [4.69, 9.17) is 4.74 Å². The Morgan fingerprint density at radius 2 is 1.57 bits per heavy atom. The summed E-state index contributed by atoms with van der Waals surface area (Å²) in [5.41, 5.74) is 0. The van der Waals surface area contributed by atoms with Gasteiger partial charge in [0.15, 0.2) is 0 Å². The van der Waals surface area contributed by atoms with Gasteiger partial charge in [-0.15, -0.1) is 0 Å². The summed E-state index contributed by atoms with van der Waals surface area (Å²) in [6.45, 7) is 9.43. The van der Waals surface area contributed by atoms with Crippen LogP contribution in [0, 0.1) is 17.7 Å². The Bertz CT molecular complexity index is 546. The number of halogens is 1. The molecule has 4 nitrogen and oxygen atoms in total. The van der Waals surface area contributed by atoms with Gasteiger partial charge in [0, 0.05) is 13.1 Å². The van der Waals surface area contributed by atoms with Crippen molar-refractivity contribution in [2.75, 3.05) is 25.4 Å². The van der Waals surface area contributed by atoms with Crippen LogP contribution in [0.2, 0.25) is 0 Å². The van der Waals surface area contributed by atoms with Gasteiger partial charge in [-0.3, -0.25) is 0 Å². The van der Waals surface area contributed by atoms with E-state index >= 15 is 0 Å². The van der Waals surface area contributed by atoms with E-state index in [9.17, 15) is 12.8 Å². The molecule has 0 aliphatic heterocycles. The summed E-state index contributed by atoms with van der Waals surface area (Å²) in [5, 5.41) is 0. The van der Waals surface area contributed by atoms with Gasteiger partial charge in [0.25, 0.3) is 0 Å². The van der Waals surface area contributed by atoms with Crippen molar-refractivity contribution in [1.82, 2.24) is 4.31 Å². The fourth-order valence-electron chi connectivity index (χ4n) is 2.21. The highest BCUT2D eigenvalue weighted by Gasteiger charge is 2.23. The lowest BCUT2D eigenvalue weighted by Gasteiger charge is -2.25. The molecule has 1 aromatic rings. The Balaban J connectivity index is 2.50. The minimum absolute atomic E-state index is 0.0631. The summed E-state index contributed by atoms with van der Waals surface area (Å²) >= 11 is 0. The molecule has 1 aromatic carbocycles. The first-order chi connectivity index (χ1) is 10.7. The Kier molecular flexibility index (Phi) is 7.99. The number of benzene rings is 1. The minimum Gasteiger partial charge on any atom is -0.494 e. The Morgan fingerprint density at radius 3 is 2.04 bits per heavy atom. The molecule has 0 aliphatic carbocycles. The van der Waals surface area contributed by atoms with Gasteiger partial charge in [-0.25, -0.2) is 17.1 Å². The second kappa shape index (κ2) is 9.23. The summed E-state index contributed by atoms with van der Waals surface area (Å²) in [7, 11) is -3.28. The third-order valence-corrected chi connectivity index (χ3v) is 5.05. The van der Waals surface area contributed by atoms with Crippen molar-refractivity contribution in [2.24, 2.45) is 11.8 Å². The van der Waals surface area contributed by atoms with Gasteiger partial charge in [0.2, 0.25) is 10.0 Å². The van der Waals surface area contributed by atoms with Gasteiger partial charge in [0.05, 0.1) is 12.4 Å². The number of hydrogen-bond donors (Lipinski definition) is 0. The van der Waals surface area contributed by atoms with Crippen LogP contribution in [0.4, 0.5) is 4.39 Å². The molecule has 0 N–H and O–H groups in total. The van der Waals surface area contributed by atoms with Crippen LogP contribution in [0.5, 0.6) is 5.75 Å². The van der Waals surface area contributed by atoms with Crippen LogP contribution in [0.3, 0.4) is 0 Å². The van der Waals surface area contributed by atoms with Crippen LogP contribution in [-0.4, -0.2) is 38.2 Å². The molecule has 0 spiro atoms. The van der Waals surface area contributed by atoms with E-state index < -0.39 is 10.0 Å². The Labute approximate surface area is 139 Å². The van der Waals surface area contributed by atoms with E-state index in [0.29, 0.717) is 43.7 Å². The first-order valence-electron chi connectivity index (χ1n) is 8.07. The zero-order chi connectivity index (χ0) is 17.5. The maximum Gasteiger partial charge on any atom is 0.214 e. The van der Waals surface area contributed by atoms with Crippen molar-refractivity contribution < 1.29 is 17.5 Å². The SMILES string of the molecule is CC(C)CN(CC(C)C)S(=O)(=O)CCCOc1ccc(F)cc1.